The molecular weight excluding hydrogens is 404 g/mol. The number of piperidine rings is 1. The zero-order valence-corrected chi connectivity index (χ0v) is 18.2. The number of aryl methyl sites for hydroxylation is 1. The van der Waals surface area contributed by atoms with Gasteiger partial charge in [-0.25, -0.2) is 9.78 Å². The minimum absolute atomic E-state index is 0.0261. The second-order valence-electron chi connectivity index (χ2n) is 8.06. The van der Waals surface area contributed by atoms with E-state index >= 15 is 0 Å². The van der Waals surface area contributed by atoms with Crippen molar-refractivity contribution in [3.8, 4) is 0 Å². The Bertz CT molecular complexity index is 614. The van der Waals surface area contributed by atoms with Gasteiger partial charge in [0.15, 0.2) is 9.52 Å². The highest BCUT2D eigenvalue weighted by atomic mass is 79.9. The molecular formula is C18H29BrN2O3S. The van der Waals surface area contributed by atoms with Crippen molar-refractivity contribution in [1.29, 1.82) is 0 Å². The van der Waals surface area contributed by atoms with Gasteiger partial charge in [0.2, 0.25) is 0 Å². The Kier molecular flexibility index (Phi) is 6.68. The number of carboxylic acid groups (broad SMARTS) is 1. The molecule has 0 saturated carbocycles. The van der Waals surface area contributed by atoms with Gasteiger partial charge >= 0.3 is 5.97 Å². The van der Waals surface area contributed by atoms with Gasteiger partial charge in [-0.1, -0.05) is 27.7 Å². The van der Waals surface area contributed by atoms with Crippen LogP contribution >= 0.6 is 27.3 Å². The minimum atomic E-state index is -1.12. The molecule has 0 amide bonds. The van der Waals surface area contributed by atoms with Gasteiger partial charge in [-0.15, -0.1) is 11.3 Å². The first-order valence-electron chi connectivity index (χ1n) is 8.79. The van der Waals surface area contributed by atoms with Gasteiger partial charge in [0.1, 0.15) is 0 Å². The van der Waals surface area contributed by atoms with Crippen LogP contribution in [0.4, 0.5) is 0 Å². The molecule has 2 rings (SSSR count). The highest BCUT2D eigenvalue weighted by molar-refractivity contribution is 9.11. The second-order valence-corrected chi connectivity index (χ2v) is 10.4. The van der Waals surface area contributed by atoms with Crippen LogP contribution in [-0.4, -0.2) is 46.3 Å². The molecule has 1 aromatic rings. The molecule has 142 valence electrons. The Hall–Kier alpha value is -0.500. The maximum absolute atomic E-state index is 12.2. The Labute approximate surface area is 162 Å². The number of halogens is 1. The predicted molar refractivity (Wildman–Crippen MR) is 104 cm³/mol. The number of rotatable bonds is 6. The molecule has 1 aliphatic heterocycles. The van der Waals surface area contributed by atoms with E-state index in [1.807, 2.05) is 13.8 Å². The molecule has 0 bridgehead atoms. The fraction of sp³-hybridized carbons (Fsp3) is 0.778. The average Bonchev–Trinajstić information content (AvgIpc) is 2.81. The lowest BCUT2D eigenvalue weighted by Crippen LogP contribution is -2.59. The molecule has 0 aliphatic carbocycles. The maximum Gasteiger partial charge on any atom is 0.337 e. The van der Waals surface area contributed by atoms with Crippen molar-refractivity contribution < 1.29 is 14.6 Å². The number of ether oxygens (including phenoxy) is 1. The first-order chi connectivity index (χ1) is 11.6. The standard InChI is InChI=1S/C18H29BrN2O3S/c1-6-7-24-18(15(22)23)8-13(17(3,4)5)9-21(11-18)10-14-12(2)20-16(19)25-14/h13H,6-11H2,1-5H3,(H,22,23)/t13-,18?/m1/s1. The maximum atomic E-state index is 12.2. The molecule has 25 heavy (non-hydrogen) atoms. The molecule has 7 heteroatoms. The van der Waals surface area contributed by atoms with Crippen LogP contribution in [0.3, 0.4) is 0 Å². The van der Waals surface area contributed by atoms with Crippen LogP contribution in [0.15, 0.2) is 3.92 Å². The number of aromatic nitrogens is 1. The van der Waals surface area contributed by atoms with E-state index in [2.05, 4.69) is 46.6 Å². The number of thiazole rings is 1. The van der Waals surface area contributed by atoms with Crippen LogP contribution in [0.25, 0.3) is 0 Å². The fourth-order valence-corrected chi connectivity index (χ4v) is 5.00. The summed E-state index contributed by atoms with van der Waals surface area (Å²) in [7, 11) is 0. The first-order valence-corrected chi connectivity index (χ1v) is 10.4. The molecule has 1 unspecified atom stereocenters. The summed E-state index contributed by atoms with van der Waals surface area (Å²) in [6.45, 7) is 13.0. The zero-order valence-electron chi connectivity index (χ0n) is 15.8. The summed E-state index contributed by atoms with van der Waals surface area (Å²) in [6, 6.07) is 0. The van der Waals surface area contributed by atoms with E-state index in [4.69, 9.17) is 4.74 Å². The molecule has 5 nitrogen and oxygen atoms in total. The quantitative estimate of drug-likeness (QED) is 0.724. The minimum Gasteiger partial charge on any atom is -0.479 e. The number of likely N-dealkylation sites (tertiary alicyclic amines) is 1. The molecule has 1 N–H and O–H groups in total. The average molecular weight is 433 g/mol. The highest BCUT2D eigenvalue weighted by Gasteiger charge is 2.49. The fourth-order valence-electron chi connectivity index (χ4n) is 3.33. The van der Waals surface area contributed by atoms with Crippen molar-refractivity contribution >= 4 is 33.2 Å². The van der Waals surface area contributed by atoms with E-state index in [9.17, 15) is 9.90 Å². The lowest BCUT2D eigenvalue weighted by molar-refractivity contribution is -0.181. The lowest BCUT2D eigenvalue weighted by Gasteiger charge is -2.47. The van der Waals surface area contributed by atoms with Crippen LogP contribution in [0.1, 0.15) is 51.1 Å². The van der Waals surface area contributed by atoms with Gasteiger partial charge in [0.05, 0.1) is 5.69 Å². The van der Waals surface area contributed by atoms with Crippen molar-refractivity contribution in [1.82, 2.24) is 9.88 Å². The summed E-state index contributed by atoms with van der Waals surface area (Å²) < 4.78 is 6.82. The van der Waals surface area contributed by atoms with Crippen molar-refractivity contribution in [3.63, 3.8) is 0 Å². The monoisotopic (exact) mass is 432 g/mol. The van der Waals surface area contributed by atoms with E-state index in [1.54, 1.807) is 11.3 Å². The van der Waals surface area contributed by atoms with Crippen LogP contribution < -0.4 is 0 Å². The van der Waals surface area contributed by atoms with E-state index in [-0.39, 0.29) is 11.3 Å². The van der Waals surface area contributed by atoms with Crippen molar-refractivity contribution in [2.45, 2.75) is 59.6 Å². The summed E-state index contributed by atoms with van der Waals surface area (Å²) in [6.07, 6.45) is 1.38. The number of nitrogens with zero attached hydrogens (tertiary/aromatic N) is 2. The first kappa shape index (κ1) is 20.8. The van der Waals surface area contributed by atoms with Gasteiger partial charge in [-0.3, -0.25) is 4.90 Å². The van der Waals surface area contributed by atoms with E-state index in [1.165, 1.54) is 4.88 Å². The summed E-state index contributed by atoms with van der Waals surface area (Å²) in [5, 5.41) is 9.97. The number of aliphatic carboxylic acids is 1. The third kappa shape index (κ3) is 5.02. The van der Waals surface area contributed by atoms with E-state index in [0.29, 0.717) is 26.1 Å². The van der Waals surface area contributed by atoms with Crippen molar-refractivity contribution in [3.05, 3.63) is 14.5 Å². The third-order valence-electron chi connectivity index (χ3n) is 4.96. The number of hydrogen-bond donors (Lipinski definition) is 1. The Morgan fingerprint density at radius 3 is 2.68 bits per heavy atom. The summed E-state index contributed by atoms with van der Waals surface area (Å²) >= 11 is 5.06. The Morgan fingerprint density at radius 2 is 2.20 bits per heavy atom. The molecule has 2 heterocycles. The molecule has 0 spiro atoms. The summed E-state index contributed by atoms with van der Waals surface area (Å²) in [5.41, 5.74) is -0.0921. The molecule has 1 aromatic heterocycles. The molecule has 2 atom stereocenters. The van der Waals surface area contributed by atoms with Crippen LogP contribution in [-0.2, 0) is 16.1 Å². The molecule has 1 aliphatic rings. The zero-order chi connectivity index (χ0) is 18.8. The lowest BCUT2D eigenvalue weighted by atomic mass is 9.71. The second kappa shape index (κ2) is 8.03. The molecule has 1 saturated heterocycles. The van der Waals surface area contributed by atoms with Gasteiger partial charge in [0, 0.05) is 31.1 Å². The third-order valence-corrected chi connectivity index (χ3v) is 6.56. The Balaban J connectivity index is 2.29. The van der Waals surface area contributed by atoms with Crippen LogP contribution in [0.5, 0.6) is 0 Å². The van der Waals surface area contributed by atoms with Gasteiger partial charge in [0.25, 0.3) is 0 Å². The van der Waals surface area contributed by atoms with Crippen LogP contribution in [0, 0.1) is 18.3 Å². The molecule has 1 fully saturated rings. The van der Waals surface area contributed by atoms with E-state index in [0.717, 1.165) is 22.6 Å². The van der Waals surface area contributed by atoms with E-state index < -0.39 is 11.6 Å². The SMILES string of the molecule is CCCOC1(C(=O)O)C[C@@H](C(C)(C)C)CN(Cc2sc(Br)nc2C)C1. The van der Waals surface area contributed by atoms with Gasteiger partial charge in [-0.2, -0.15) is 0 Å². The van der Waals surface area contributed by atoms with Gasteiger partial charge < -0.3 is 9.84 Å². The topological polar surface area (TPSA) is 62.7 Å². The molecule has 0 radical (unpaired) electrons. The number of carbonyl (C=O) groups is 1. The molecule has 0 aromatic carbocycles. The predicted octanol–water partition coefficient (Wildman–Crippen LogP) is 4.33. The largest absolute Gasteiger partial charge is 0.479 e. The summed E-state index contributed by atoms with van der Waals surface area (Å²) in [4.78, 5) is 20.0. The van der Waals surface area contributed by atoms with Gasteiger partial charge in [-0.05, 0) is 47.0 Å². The smallest absolute Gasteiger partial charge is 0.337 e. The highest BCUT2D eigenvalue weighted by Crippen LogP contribution is 2.40. The summed E-state index contributed by atoms with van der Waals surface area (Å²) in [5.74, 6) is -0.590. The normalized spacial score (nSPS) is 25.3. The van der Waals surface area contributed by atoms with Crippen LogP contribution in [0.2, 0.25) is 0 Å². The number of carboxylic acids is 1. The Morgan fingerprint density at radius 1 is 1.52 bits per heavy atom. The van der Waals surface area contributed by atoms with Crippen molar-refractivity contribution in [2.24, 2.45) is 11.3 Å². The van der Waals surface area contributed by atoms with Crippen molar-refractivity contribution in [2.75, 3.05) is 19.7 Å². The number of hydrogen-bond acceptors (Lipinski definition) is 5.